The molecule has 0 bridgehead atoms. The Balaban J connectivity index is 1.86. The molecule has 2 aromatic rings. The van der Waals surface area contributed by atoms with E-state index < -0.39 is 0 Å². The lowest BCUT2D eigenvalue weighted by molar-refractivity contribution is -0.383. The van der Waals surface area contributed by atoms with Crippen LogP contribution in [0.15, 0.2) is 30.5 Å². The van der Waals surface area contributed by atoms with Gasteiger partial charge in [-0.1, -0.05) is 0 Å². The number of likely N-dealkylation sites (tertiary alicyclic amines) is 1. The largest absolute Gasteiger partial charge is 0.383 e. The predicted molar refractivity (Wildman–Crippen MR) is 82.5 cm³/mol. The molecular formula is C15H18N4O2. The van der Waals surface area contributed by atoms with Gasteiger partial charge in [-0.2, -0.15) is 0 Å². The van der Waals surface area contributed by atoms with Crippen molar-refractivity contribution in [1.82, 2.24) is 9.88 Å². The third kappa shape index (κ3) is 2.80. The van der Waals surface area contributed by atoms with Gasteiger partial charge in [-0.15, -0.1) is 0 Å². The van der Waals surface area contributed by atoms with E-state index >= 15 is 0 Å². The molecular weight excluding hydrogens is 268 g/mol. The summed E-state index contributed by atoms with van der Waals surface area (Å²) in [4.78, 5) is 17.3. The quantitative estimate of drug-likeness (QED) is 0.690. The van der Waals surface area contributed by atoms with Gasteiger partial charge in [0.25, 0.3) is 5.69 Å². The summed E-state index contributed by atoms with van der Waals surface area (Å²) in [6.45, 7) is 3.09. The zero-order valence-electron chi connectivity index (χ0n) is 12.0. The van der Waals surface area contributed by atoms with E-state index in [-0.39, 0.29) is 10.6 Å². The van der Waals surface area contributed by atoms with Gasteiger partial charge in [0.15, 0.2) is 0 Å². The maximum absolute atomic E-state index is 11.1. The van der Waals surface area contributed by atoms with Crippen molar-refractivity contribution in [2.45, 2.75) is 6.42 Å². The molecule has 0 amide bonds. The summed E-state index contributed by atoms with van der Waals surface area (Å²) in [5.74, 6) is 0.615. The molecule has 3 rings (SSSR count). The van der Waals surface area contributed by atoms with Crippen molar-refractivity contribution >= 4 is 22.3 Å². The molecule has 0 radical (unpaired) electrons. The molecule has 1 saturated heterocycles. The minimum atomic E-state index is -0.361. The number of nitro benzene ring substituents is 1. The highest BCUT2D eigenvalue weighted by Gasteiger charge is 2.20. The van der Waals surface area contributed by atoms with Gasteiger partial charge in [0.2, 0.25) is 0 Å². The lowest BCUT2D eigenvalue weighted by Gasteiger charge is -2.14. The number of anilines is 1. The monoisotopic (exact) mass is 286 g/mol. The summed E-state index contributed by atoms with van der Waals surface area (Å²) in [5.41, 5.74) is 1.63. The Morgan fingerprint density at radius 3 is 3.05 bits per heavy atom. The maximum atomic E-state index is 11.1. The third-order valence-electron chi connectivity index (χ3n) is 4.01. The van der Waals surface area contributed by atoms with Crippen LogP contribution in [0.1, 0.15) is 6.42 Å². The zero-order chi connectivity index (χ0) is 14.8. The Bertz CT molecular complexity index is 674. The number of rotatable bonds is 4. The lowest BCUT2D eigenvalue weighted by Crippen LogP contribution is -2.19. The van der Waals surface area contributed by atoms with Gasteiger partial charge in [0, 0.05) is 25.4 Å². The van der Waals surface area contributed by atoms with E-state index in [4.69, 9.17) is 0 Å². The van der Waals surface area contributed by atoms with Crippen LogP contribution in [-0.2, 0) is 0 Å². The minimum Gasteiger partial charge on any atom is -0.383 e. The molecule has 1 atom stereocenters. The van der Waals surface area contributed by atoms with Crippen LogP contribution in [0, 0.1) is 16.0 Å². The van der Waals surface area contributed by atoms with Crippen molar-refractivity contribution in [3.63, 3.8) is 0 Å². The number of aromatic nitrogens is 1. The number of hydrogen-bond acceptors (Lipinski definition) is 5. The van der Waals surface area contributed by atoms with Crippen LogP contribution in [0.3, 0.4) is 0 Å². The molecule has 1 fully saturated rings. The molecule has 6 heteroatoms. The fraction of sp³-hybridized carbons (Fsp3) is 0.400. The smallest absolute Gasteiger partial charge is 0.278 e. The van der Waals surface area contributed by atoms with E-state index in [9.17, 15) is 10.1 Å². The van der Waals surface area contributed by atoms with Gasteiger partial charge in [-0.05, 0) is 44.1 Å². The van der Waals surface area contributed by atoms with Crippen molar-refractivity contribution in [1.29, 1.82) is 0 Å². The van der Waals surface area contributed by atoms with Crippen LogP contribution >= 0.6 is 0 Å². The number of nitrogens with one attached hydrogen (secondary N) is 1. The molecule has 0 saturated carbocycles. The molecule has 6 nitrogen and oxygen atoms in total. The fourth-order valence-electron chi connectivity index (χ4n) is 2.91. The Hall–Kier alpha value is -2.21. The Kier molecular flexibility index (Phi) is 3.70. The summed E-state index contributed by atoms with van der Waals surface area (Å²) in [6, 6.07) is 6.78. The second-order valence-electron chi connectivity index (χ2n) is 5.59. The zero-order valence-corrected chi connectivity index (χ0v) is 12.0. The SMILES string of the molecule is CN1CCC(CNc2ccc([N+](=O)[O-])c3cccnc23)C1. The average Bonchev–Trinajstić information content (AvgIpc) is 2.90. The summed E-state index contributed by atoms with van der Waals surface area (Å²) < 4.78 is 0. The number of nitrogens with zero attached hydrogens (tertiary/aromatic N) is 3. The molecule has 110 valence electrons. The Morgan fingerprint density at radius 1 is 1.48 bits per heavy atom. The topological polar surface area (TPSA) is 71.3 Å². The molecule has 0 spiro atoms. The highest BCUT2D eigenvalue weighted by molar-refractivity contribution is 5.96. The van der Waals surface area contributed by atoms with E-state index in [1.165, 1.54) is 6.42 Å². The fourth-order valence-corrected chi connectivity index (χ4v) is 2.91. The average molecular weight is 286 g/mol. The van der Waals surface area contributed by atoms with Crippen molar-refractivity contribution in [3.05, 3.63) is 40.6 Å². The second-order valence-corrected chi connectivity index (χ2v) is 5.59. The molecule has 1 aliphatic heterocycles. The number of hydrogen-bond donors (Lipinski definition) is 1. The summed E-state index contributed by atoms with van der Waals surface area (Å²) in [7, 11) is 2.13. The minimum absolute atomic E-state index is 0.101. The third-order valence-corrected chi connectivity index (χ3v) is 4.01. The van der Waals surface area contributed by atoms with Crippen LogP contribution in [0.2, 0.25) is 0 Å². The van der Waals surface area contributed by atoms with E-state index in [0.717, 1.165) is 25.3 Å². The number of non-ortho nitro benzene ring substituents is 1. The highest BCUT2D eigenvalue weighted by atomic mass is 16.6. The Labute approximate surface area is 122 Å². The van der Waals surface area contributed by atoms with Crippen molar-refractivity contribution in [2.75, 3.05) is 32.0 Å². The van der Waals surface area contributed by atoms with E-state index in [2.05, 4.69) is 22.2 Å². The van der Waals surface area contributed by atoms with Gasteiger partial charge in [-0.3, -0.25) is 15.1 Å². The molecule has 2 heterocycles. The van der Waals surface area contributed by atoms with Gasteiger partial charge in [0.05, 0.1) is 16.0 Å². The van der Waals surface area contributed by atoms with Gasteiger partial charge >= 0.3 is 0 Å². The molecule has 21 heavy (non-hydrogen) atoms. The van der Waals surface area contributed by atoms with Crippen LogP contribution in [0.5, 0.6) is 0 Å². The van der Waals surface area contributed by atoms with E-state index in [1.807, 2.05) is 0 Å². The van der Waals surface area contributed by atoms with Crippen molar-refractivity contribution in [3.8, 4) is 0 Å². The van der Waals surface area contributed by atoms with Crippen molar-refractivity contribution < 1.29 is 4.92 Å². The summed E-state index contributed by atoms with van der Waals surface area (Å²) in [5, 5.41) is 15.1. The lowest BCUT2D eigenvalue weighted by atomic mass is 10.1. The molecule has 1 N–H and O–H groups in total. The van der Waals surface area contributed by atoms with Gasteiger partial charge < -0.3 is 10.2 Å². The number of fused-ring (bicyclic) bond motifs is 1. The highest BCUT2D eigenvalue weighted by Crippen LogP contribution is 2.30. The van der Waals surface area contributed by atoms with Crippen LogP contribution in [0.25, 0.3) is 10.9 Å². The summed E-state index contributed by atoms with van der Waals surface area (Å²) in [6.07, 6.45) is 2.85. The summed E-state index contributed by atoms with van der Waals surface area (Å²) >= 11 is 0. The van der Waals surface area contributed by atoms with Crippen LogP contribution in [0.4, 0.5) is 11.4 Å². The van der Waals surface area contributed by atoms with Gasteiger partial charge in [0.1, 0.15) is 5.52 Å². The molecule has 1 unspecified atom stereocenters. The van der Waals surface area contributed by atoms with E-state index in [1.54, 1.807) is 30.5 Å². The number of nitro groups is 1. The molecule has 1 aromatic carbocycles. The first-order valence-corrected chi connectivity index (χ1v) is 7.09. The second kappa shape index (κ2) is 5.65. The van der Waals surface area contributed by atoms with Gasteiger partial charge in [-0.25, -0.2) is 0 Å². The van der Waals surface area contributed by atoms with Crippen LogP contribution in [-0.4, -0.2) is 41.5 Å². The molecule has 1 aromatic heterocycles. The van der Waals surface area contributed by atoms with Crippen LogP contribution < -0.4 is 5.32 Å². The van der Waals surface area contributed by atoms with Crippen molar-refractivity contribution in [2.24, 2.45) is 5.92 Å². The number of benzene rings is 1. The normalized spacial score (nSPS) is 19.0. The molecule has 0 aliphatic carbocycles. The predicted octanol–water partition coefficient (Wildman–Crippen LogP) is 2.51. The van der Waals surface area contributed by atoms with E-state index in [0.29, 0.717) is 16.8 Å². The first-order valence-electron chi connectivity index (χ1n) is 7.09. The first kappa shape index (κ1) is 13.8. The number of pyridine rings is 1. The first-order chi connectivity index (χ1) is 10.1. The Morgan fingerprint density at radius 2 is 2.33 bits per heavy atom. The standard InChI is InChI=1S/C15H18N4O2/c1-18-8-6-11(10-18)9-17-13-4-5-14(19(20)21)12-3-2-7-16-15(12)13/h2-5,7,11,17H,6,8-10H2,1H3. The maximum Gasteiger partial charge on any atom is 0.278 e. The molecule has 1 aliphatic rings.